The third-order valence-electron chi connectivity index (χ3n) is 20.0. The van der Waals surface area contributed by atoms with Gasteiger partial charge >= 0.3 is 39.5 Å². The minimum Gasteiger partial charge on any atom is -0.462 e. The number of phosphoric ester groups is 2. The first-order valence-corrected chi connectivity index (χ1v) is 47.0. The van der Waals surface area contributed by atoms with Crippen molar-refractivity contribution in [1.82, 2.24) is 0 Å². The average molecular weight is 1520 g/mol. The Balaban J connectivity index is 5.23. The van der Waals surface area contributed by atoms with Crippen molar-refractivity contribution < 1.29 is 80.2 Å². The van der Waals surface area contributed by atoms with Crippen LogP contribution in [0.5, 0.6) is 0 Å². The summed E-state index contributed by atoms with van der Waals surface area (Å²) in [5.74, 6) is -0.609. The van der Waals surface area contributed by atoms with E-state index < -0.39 is 97.5 Å². The molecular formula is C85H166O17P2. The van der Waals surface area contributed by atoms with E-state index in [-0.39, 0.29) is 25.7 Å². The van der Waals surface area contributed by atoms with Gasteiger partial charge in [0.05, 0.1) is 26.4 Å². The highest BCUT2D eigenvalue weighted by molar-refractivity contribution is 7.47. The molecule has 5 atom stereocenters. The van der Waals surface area contributed by atoms with Gasteiger partial charge in [-0.15, -0.1) is 0 Å². The first-order chi connectivity index (χ1) is 50.4. The number of phosphoric acid groups is 2. The maximum absolute atomic E-state index is 13.1. The summed E-state index contributed by atoms with van der Waals surface area (Å²) >= 11 is 0. The number of rotatable bonds is 84. The van der Waals surface area contributed by atoms with Crippen molar-refractivity contribution in [1.29, 1.82) is 0 Å². The molecule has 0 amide bonds. The molecular weight excluding hydrogens is 1350 g/mol. The van der Waals surface area contributed by atoms with Crippen LogP contribution < -0.4 is 0 Å². The molecule has 104 heavy (non-hydrogen) atoms. The number of carbonyl (C=O) groups excluding carboxylic acids is 4. The molecule has 618 valence electrons. The minimum atomic E-state index is -4.97. The monoisotopic (exact) mass is 1520 g/mol. The Morgan fingerprint density at radius 2 is 0.442 bits per heavy atom. The van der Waals surface area contributed by atoms with Crippen LogP contribution in [-0.2, 0) is 65.4 Å². The standard InChI is InChI=1S/C85H166O17P2/c1-7-9-11-13-15-17-19-21-23-25-26-27-28-29-31-33-35-37-44-51-57-63-69-84(89)101-80(73-95-82(87)67-61-55-49-43-36-34-32-30-24-22-20-18-16-14-12-10-8-2)75-99-103(91,92)97-71-79(86)72-98-104(93,94)100-76-81(74-96-83(88)68-62-56-50-46-40-42-48-54-60-66-78(5)6)102-85(90)70-64-58-52-45-39-38-41-47-53-59-65-77(3)4/h77-81,86H,7-76H2,1-6H3,(H,91,92)(H,93,94)/t79-,80-,81-/m1/s1. The Hall–Kier alpha value is -1.94. The van der Waals surface area contributed by atoms with Crippen LogP contribution in [0, 0.1) is 11.8 Å². The van der Waals surface area contributed by atoms with Crippen molar-refractivity contribution in [3.8, 4) is 0 Å². The second kappa shape index (κ2) is 76.4. The molecule has 0 radical (unpaired) electrons. The van der Waals surface area contributed by atoms with Crippen molar-refractivity contribution in [3.05, 3.63) is 0 Å². The van der Waals surface area contributed by atoms with Crippen LogP contribution in [0.3, 0.4) is 0 Å². The molecule has 17 nitrogen and oxygen atoms in total. The molecule has 19 heteroatoms. The number of carbonyl (C=O) groups is 4. The molecule has 0 aromatic rings. The van der Waals surface area contributed by atoms with Gasteiger partial charge in [-0.2, -0.15) is 0 Å². The maximum atomic E-state index is 13.1. The highest BCUT2D eigenvalue weighted by atomic mass is 31.2. The van der Waals surface area contributed by atoms with Gasteiger partial charge in [-0.3, -0.25) is 37.3 Å². The van der Waals surface area contributed by atoms with Crippen LogP contribution in [0.15, 0.2) is 0 Å². The molecule has 0 bridgehead atoms. The number of esters is 4. The van der Waals surface area contributed by atoms with E-state index in [0.717, 1.165) is 102 Å². The predicted molar refractivity (Wildman–Crippen MR) is 428 cm³/mol. The lowest BCUT2D eigenvalue weighted by Crippen LogP contribution is -2.30. The van der Waals surface area contributed by atoms with E-state index >= 15 is 0 Å². The van der Waals surface area contributed by atoms with Gasteiger partial charge in [0.2, 0.25) is 0 Å². The molecule has 0 aliphatic carbocycles. The summed E-state index contributed by atoms with van der Waals surface area (Å²) < 4.78 is 68.9. The molecule has 0 aromatic carbocycles. The molecule has 0 saturated carbocycles. The number of ether oxygens (including phenoxy) is 4. The van der Waals surface area contributed by atoms with Crippen molar-refractivity contribution in [2.24, 2.45) is 11.8 Å². The SMILES string of the molecule is CCCCCCCCCCCCCCCCCCCCCCCCC(=O)O[C@H](COC(=O)CCCCCCCCCCCCCCCCCCC)COP(=O)(O)OC[C@@H](O)COP(=O)(O)OC[C@@H](COC(=O)CCCCCCCCCCCC(C)C)OC(=O)CCCCCCCCCCCCC(C)C. The van der Waals surface area contributed by atoms with E-state index in [2.05, 4.69) is 41.5 Å². The van der Waals surface area contributed by atoms with Gasteiger partial charge in [0.15, 0.2) is 12.2 Å². The number of aliphatic hydroxyl groups excluding tert-OH is 1. The predicted octanol–water partition coefficient (Wildman–Crippen LogP) is 25.8. The summed E-state index contributed by atoms with van der Waals surface area (Å²) in [6.07, 6.45) is 68.2. The Morgan fingerprint density at radius 3 is 0.654 bits per heavy atom. The van der Waals surface area contributed by atoms with E-state index in [1.807, 2.05) is 0 Å². The number of hydrogen-bond acceptors (Lipinski definition) is 15. The second-order valence-electron chi connectivity index (χ2n) is 31.5. The number of hydrogen-bond donors (Lipinski definition) is 3. The number of unbranched alkanes of at least 4 members (excludes halogenated alkanes) is 54. The highest BCUT2D eigenvalue weighted by Gasteiger charge is 2.30. The molecule has 0 aliphatic rings. The fraction of sp³-hybridized carbons (Fsp3) is 0.953. The summed E-state index contributed by atoms with van der Waals surface area (Å²) in [5.41, 5.74) is 0. The van der Waals surface area contributed by atoms with Crippen molar-refractivity contribution in [2.75, 3.05) is 39.6 Å². The quantitative estimate of drug-likeness (QED) is 0.0222. The van der Waals surface area contributed by atoms with Crippen molar-refractivity contribution in [3.63, 3.8) is 0 Å². The summed E-state index contributed by atoms with van der Waals surface area (Å²) in [4.78, 5) is 73.2. The average Bonchev–Trinajstić information content (AvgIpc) is 0.907. The normalized spacial score (nSPS) is 13.8. The Morgan fingerprint density at radius 1 is 0.260 bits per heavy atom. The van der Waals surface area contributed by atoms with E-state index in [1.54, 1.807) is 0 Å². The zero-order valence-corrected chi connectivity index (χ0v) is 70.1. The van der Waals surface area contributed by atoms with Gasteiger partial charge in [0, 0.05) is 25.7 Å². The smallest absolute Gasteiger partial charge is 0.462 e. The fourth-order valence-corrected chi connectivity index (χ4v) is 14.8. The third-order valence-corrected chi connectivity index (χ3v) is 21.9. The summed E-state index contributed by atoms with van der Waals surface area (Å²) in [7, 11) is -9.93. The lowest BCUT2D eigenvalue weighted by molar-refractivity contribution is -0.161. The highest BCUT2D eigenvalue weighted by Crippen LogP contribution is 2.45. The van der Waals surface area contributed by atoms with Gasteiger partial charge in [0.25, 0.3) is 0 Å². The molecule has 0 heterocycles. The van der Waals surface area contributed by atoms with E-state index in [1.165, 1.54) is 270 Å². The number of aliphatic hydroxyl groups is 1. The summed E-state index contributed by atoms with van der Waals surface area (Å²) in [6.45, 7) is 9.63. The largest absolute Gasteiger partial charge is 0.472 e. The van der Waals surface area contributed by atoms with Gasteiger partial charge in [-0.05, 0) is 37.5 Å². The molecule has 3 N–H and O–H groups in total. The summed E-state index contributed by atoms with van der Waals surface area (Å²) in [5, 5.41) is 10.7. The first kappa shape index (κ1) is 102. The zero-order chi connectivity index (χ0) is 76.4. The first-order valence-electron chi connectivity index (χ1n) is 44.0. The van der Waals surface area contributed by atoms with E-state index in [9.17, 15) is 43.2 Å². The molecule has 0 rings (SSSR count). The van der Waals surface area contributed by atoms with Gasteiger partial charge in [-0.1, -0.05) is 401 Å². The van der Waals surface area contributed by atoms with Crippen LogP contribution in [-0.4, -0.2) is 96.7 Å². The van der Waals surface area contributed by atoms with Gasteiger partial charge < -0.3 is 33.8 Å². The molecule has 2 unspecified atom stereocenters. The maximum Gasteiger partial charge on any atom is 0.472 e. The third kappa shape index (κ3) is 78.2. The molecule has 0 aromatic heterocycles. The van der Waals surface area contributed by atoms with Crippen LogP contribution in [0.1, 0.15) is 452 Å². The Bertz CT molecular complexity index is 1990. The zero-order valence-electron chi connectivity index (χ0n) is 68.3. The lowest BCUT2D eigenvalue weighted by atomic mass is 10.0. The summed E-state index contributed by atoms with van der Waals surface area (Å²) in [6, 6.07) is 0. The molecule has 0 aliphatic heterocycles. The van der Waals surface area contributed by atoms with E-state index in [4.69, 9.17) is 37.0 Å². The fourth-order valence-electron chi connectivity index (χ4n) is 13.2. The molecule has 0 saturated heterocycles. The topological polar surface area (TPSA) is 237 Å². The van der Waals surface area contributed by atoms with Crippen LogP contribution in [0.4, 0.5) is 0 Å². The van der Waals surface area contributed by atoms with Crippen LogP contribution in [0.2, 0.25) is 0 Å². The Kier molecular flexibility index (Phi) is 75.0. The van der Waals surface area contributed by atoms with Crippen molar-refractivity contribution in [2.45, 2.75) is 471 Å². The second-order valence-corrected chi connectivity index (χ2v) is 34.4. The van der Waals surface area contributed by atoms with Crippen LogP contribution >= 0.6 is 15.6 Å². The molecule has 0 fully saturated rings. The Labute approximate surface area is 638 Å². The molecule has 0 spiro atoms. The van der Waals surface area contributed by atoms with Crippen LogP contribution in [0.25, 0.3) is 0 Å². The van der Waals surface area contributed by atoms with Gasteiger partial charge in [0.1, 0.15) is 19.3 Å². The lowest BCUT2D eigenvalue weighted by Gasteiger charge is -2.21. The van der Waals surface area contributed by atoms with Gasteiger partial charge in [-0.25, -0.2) is 9.13 Å². The van der Waals surface area contributed by atoms with Crippen molar-refractivity contribution >= 4 is 39.5 Å². The van der Waals surface area contributed by atoms with E-state index in [0.29, 0.717) is 25.7 Å². The minimum absolute atomic E-state index is 0.106.